The summed E-state index contributed by atoms with van der Waals surface area (Å²) in [7, 11) is 4.59. The van der Waals surface area contributed by atoms with Gasteiger partial charge in [0.15, 0.2) is 0 Å². The van der Waals surface area contributed by atoms with Crippen molar-refractivity contribution in [3.05, 3.63) is 12.7 Å². The van der Waals surface area contributed by atoms with Crippen LogP contribution in [0.3, 0.4) is 0 Å². The van der Waals surface area contributed by atoms with Gasteiger partial charge in [0.2, 0.25) is 5.91 Å². The average molecular weight is 326 g/mol. The van der Waals surface area contributed by atoms with Crippen LogP contribution in [-0.2, 0) is 4.79 Å². The van der Waals surface area contributed by atoms with Crippen molar-refractivity contribution < 1.29 is 9.28 Å². The Bertz CT molecular complexity index is 300. The van der Waals surface area contributed by atoms with E-state index >= 15 is 0 Å². The fraction of sp³-hybridized carbons (Fsp3) is 0.850. The standard InChI is InChI=1S/C20H40N2O/c1-5-7-8-9-10-11-12-13-14-15-18-22(3,4)19-16-17-21-20(23)6-2/h6H,2,5,7-19H2,1,3-4H3/p+1. The molecule has 23 heavy (non-hydrogen) atoms. The number of amides is 1. The van der Waals surface area contributed by atoms with E-state index in [2.05, 4.69) is 32.9 Å². The molecule has 1 amide bonds. The molecule has 0 aromatic rings. The van der Waals surface area contributed by atoms with E-state index in [0.29, 0.717) is 0 Å². The first-order chi connectivity index (χ1) is 11.0. The van der Waals surface area contributed by atoms with Gasteiger partial charge in [0.05, 0.1) is 27.2 Å². The van der Waals surface area contributed by atoms with Gasteiger partial charge in [-0.2, -0.15) is 0 Å². The number of hydrogen-bond donors (Lipinski definition) is 1. The Balaban J connectivity index is 3.41. The summed E-state index contributed by atoms with van der Waals surface area (Å²) >= 11 is 0. The summed E-state index contributed by atoms with van der Waals surface area (Å²) in [6.07, 6.45) is 16.3. The summed E-state index contributed by atoms with van der Waals surface area (Å²) in [6.45, 7) is 8.85. The first-order valence-electron chi connectivity index (χ1n) is 9.74. The molecule has 0 aliphatic rings. The molecule has 0 aromatic heterocycles. The van der Waals surface area contributed by atoms with Crippen LogP contribution in [0.25, 0.3) is 0 Å². The van der Waals surface area contributed by atoms with Crippen LogP contribution in [0.2, 0.25) is 0 Å². The summed E-state index contributed by atoms with van der Waals surface area (Å²) in [4.78, 5) is 11.1. The molecule has 0 rings (SSSR count). The van der Waals surface area contributed by atoms with Crippen LogP contribution in [0.4, 0.5) is 0 Å². The number of rotatable bonds is 16. The largest absolute Gasteiger partial charge is 0.352 e. The molecule has 0 atom stereocenters. The molecule has 0 saturated carbocycles. The third-order valence-electron chi connectivity index (χ3n) is 4.54. The van der Waals surface area contributed by atoms with Crippen molar-refractivity contribution in [3.8, 4) is 0 Å². The summed E-state index contributed by atoms with van der Waals surface area (Å²) in [5.74, 6) is -0.0648. The minimum atomic E-state index is -0.0648. The van der Waals surface area contributed by atoms with E-state index in [1.165, 1.54) is 76.8 Å². The van der Waals surface area contributed by atoms with Crippen LogP contribution in [0.5, 0.6) is 0 Å². The SMILES string of the molecule is C=CC(=O)NCCC[N+](C)(C)CCCCCCCCCCCC. The number of carbonyl (C=O) groups excluding carboxylic acids is 1. The smallest absolute Gasteiger partial charge is 0.243 e. The maximum atomic E-state index is 11.1. The zero-order valence-corrected chi connectivity index (χ0v) is 16.0. The van der Waals surface area contributed by atoms with Crippen LogP contribution in [0, 0.1) is 0 Å². The molecule has 0 fully saturated rings. The summed E-state index contributed by atoms with van der Waals surface area (Å²) < 4.78 is 1.06. The monoisotopic (exact) mass is 325 g/mol. The fourth-order valence-electron chi connectivity index (χ4n) is 2.93. The van der Waals surface area contributed by atoms with E-state index < -0.39 is 0 Å². The van der Waals surface area contributed by atoms with Gasteiger partial charge < -0.3 is 9.80 Å². The second-order valence-electron chi connectivity index (χ2n) is 7.41. The van der Waals surface area contributed by atoms with Crippen LogP contribution < -0.4 is 5.32 Å². The molecule has 0 saturated heterocycles. The molecule has 0 aliphatic carbocycles. The number of hydrogen-bond acceptors (Lipinski definition) is 1. The van der Waals surface area contributed by atoms with E-state index in [9.17, 15) is 4.79 Å². The molecular formula is C20H41N2O+. The second kappa shape index (κ2) is 14.7. The first kappa shape index (κ1) is 22.2. The third-order valence-corrected chi connectivity index (χ3v) is 4.54. The number of nitrogens with zero attached hydrogens (tertiary/aromatic N) is 1. The molecular weight excluding hydrogens is 284 g/mol. The Morgan fingerprint density at radius 2 is 1.35 bits per heavy atom. The van der Waals surface area contributed by atoms with Crippen LogP contribution in [0.1, 0.15) is 77.6 Å². The maximum absolute atomic E-state index is 11.1. The molecule has 0 unspecified atom stereocenters. The minimum Gasteiger partial charge on any atom is -0.352 e. The molecule has 0 radical (unpaired) electrons. The lowest BCUT2D eigenvalue weighted by Gasteiger charge is -2.30. The van der Waals surface area contributed by atoms with E-state index in [4.69, 9.17) is 0 Å². The van der Waals surface area contributed by atoms with Crippen LogP contribution in [-0.4, -0.2) is 44.1 Å². The Kier molecular flexibility index (Phi) is 14.2. The Morgan fingerprint density at radius 3 is 1.87 bits per heavy atom. The summed E-state index contributed by atoms with van der Waals surface area (Å²) in [5, 5.41) is 2.85. The van der Waals surface area contributed by atoms with Crippen LogP contribution >= 0.6 is 0 Å². The zero-order valence-electron chi connectivity index (χ0n) is 16.0. The molecule has 0 spiro atoms. The van der Waals surface area contributed by atoms with E-state index in [1.54, 1.807) is 0 Å². The van der Waals surface area contributed by atoms with Gasteiger partial charge in [0.25, 0.3) is 0 Å². The van der Waals surface area contributed by atoms with Gasteiger partial charge in [-0.05, 0) is 18.9 Å². The van der Waals surface area contributed by atoms with Gasteiger partial charge >= 0.3 is 0 Å². The molecule has 0 aromatic carbocycles. The van der Waals surface area contributed by atoms with Gasteiger partial charge in [-0.25, -0.2) is 0 Å². The summed E-state index contributed by atoms with van der Waals surface area (Å²) in [5.41, 5.74) is 0. The van der Waals surface area contributed by atoms with Gasteiger partial charge in [-0.1, -0.05) is 64.9 Å². The van der Waals surface area contributed by atoms with E-state index in [-0.39, 0.29) is 5.91 Å². The summed E-state index contributed by atoms with van der Waals surface area (Å²) in [6, 6.07) is 0. The molecule has 136 valence electrons. The molecule has 3 heteroatoms. The van der Waals surface area contributed by atoms with Gasteiger partial charge in [0.1, 0.15) is 0 Å². The lowest BCUT2D eigenvalue weighted by molar-refractivity contribution is -0.890. The number of unbranched alkanes of at least 4 members (excludes halogenated alkanes) is 9. The van der Waals surface area contributed by atoms with Crippen molar-refractivity contribution in [1.29, 1.82) is 0 Å². The first-order valence-corrected chi connectivity index (χ1v) is 9.74. The van der Waals surface area contributed by atoms with Crippen LogP contribution in [0.15, 0.2) is 12.7 Å². The van der Waals surface area contributed by atoms with Gasteiger partial charge in [0, 0.05) is 13.0 Å². The normalized spacial score (nSPS) is 11.4. The predicted molar refractivity (Wildman–Crippen MR) is 102 cm³/mol. The highest BCUT2D eigenvalue weighted by Gasteiger charge is 2.13. The van der Waals surface area contributed by atoms with E-state index in [0.717, 1.165) is 24.0 Å². The van der Waals surface area contributed by atoms with Gasteiger partial charge in [-0.15, -0.1) is 0 Å². The van der Waals surface area contributed by atoms with Crippen molar-refractivity contribution in [3.63, 3.8) is 0 Å². The highest BCUT2D eigenvalue weighted by molar-refractivity contribution is 5.86. The number of nitrogens with one attached hydrogen (secondary N) is 1. The average Bonchev–Trinajstić information content (AvgIpc) is 2.53. The third kappa shape index (κ3) is 15.8. The Hall–Kier alpha value is -0.830. The Labute approximate surface area is 145 Å². The maximum Gasteiger partial charge on any atom is 0.243 e. The molecule has 1 N–H and O–H groups in total. The van der Waals surface area contributed by atoms with Crippen molar-refractivity contribution in [2.24, 2.45) is 0 Å². The van der Waals surface area contributed by atoms with E-state index in [1.807, 2.05) is 0 Å². The highest BCUT2D eigenvalue weighted by Crippen LogP contribution is 2.11. The molecule has 3 nitrogen and oxygen atoms in total. The molecule has 0 aliphatic heterocycles. The lowest BCUT2D eigenvalue weighted by Crippen LogP contribution is -2.42. The van der Waals surface area contributed by atoms with Crippen molar-refractivity contribution in [2.75, 3.05) is 33.7 Å². The Morgan fingerprint density at radius 1 is 0.870 bits per heavy atom. The zero-order chi connectivity index (χ0) is 17.4. The minimum absolute atomic E-state index is 0.0648. The van der Waals surface area contributed by atoms with Crippen molar-refractivity contribution in [2.45, 2.75) is 77.6 Å². The fourth-order valence-corrected chi connectivity index (χ4v) is 2.93. The van der Waals surface area contributed by atoms with Gasteiger partial charge in [-0.3, -0.25) is 4.79 Å². The highest BCUT2D eigenvalue weighted by atomic mass is 16.1. The number of carbonyl (C=O) groups is 1. The quantitative estimate of drug-likeness (QED) is 0.249. The predicted octanol–water partition coefficient (Wildman–Crippen LogP) is 4.68. The lowest BCUT2D eigenvalue weighted by atomic mass is 10.1. The van der Waals surface area contributed by atoms with Crippen molar-refractivity contribution in [1.82, 2.24) is 5.32 Å². The topological polar surface area (TPSA) is 29.1 Å². The van der Waals surface area contributed by atoms with Crippen molar-refractivity contribution >= 4 is 5.91 Å². The molecule has 0 heterocycles. The molecule has 0 bridgehead atoms. The second-order valence-corrected chi connectivity index (χ2v) is 7.41. The number of quaternary nitrogens is 1.